The van der Waals surface area contributed by atoms with Gasteiger partial charge in [-0.3, -0.25) is 9.89 Å². The Morgan fingerprint density at radius 3 is 2.62 bits per heavy atom. The van der Waals surface area contributed by atoms with E-state index in [4.69, 9.17) is 9.84 Å². The lowest BCUT2D eigenvalue weighted by atomic mass is 10.1. The van der Waals surface area contributed by atoms with Gasteiger partial charge in [-0.15, -0.1) is 5.10 Å². The van der Waals surface area contributed by atoms with Crippen LogP contribution in [0.3, 0.4) is 0 Å². The molecule has 2 aromatic rings. The van der Waals surface area contributed by atoms with Gasteiger partial charge in [0.05, 0.1) is 0 Å². The highest BCUT2D eigenvalue weighted by Crippen LogP contribution is 2.21. The topological polar surface area (TPSA) is 92.3 Å². The fourth-order valence-corrected chi connectivity index (χ4v) is 1.97. The Morgan fingerprint density at radius 1 is 1.29 bits per heavy atom. The minimum atomic E-state index is -1.09. The number of carbonyl (C=O) groups is 2. The lowest BCUT2D eigenvalue weighted by molar-refractivity contribution is 0.0689. The third-order valence-electron chi connectivity index (χ3n) is 2.98. The Labute approximate surface area is 121 Å². The van der Waals surface area contributed by atoms with Gasteiger partial charge in [-0.25, -0.2) is 4.79 Å². The van der Waals surface area contributed by atoms with Gasteiger partial charge in [-0.05, 0) is 6.42 Å². The van der Waals surface area contributed by atoms with Gasteiger partial charge in [-0.2, -0.15) is 0 Å². The average molecular weight is 288 g/mol. The molecule has 6 heteroatoms. The lowest BCUT2D eigenvalue weighted by Crippen LogP contribution is -2.12. The Balaban J connectivity index is 2.10. The number of Topliss-reactive ketones (excluding diaryl/α,β-unsaturated/α-hetero) is 1. The Hall–Kier alpha value is -2.63. The number of carboxylic acids is 1. The number of nitrogens with zero attached hydrogens (tertiary/aromatic N) is 1. The highest BCUT2D eigenvalue weighted by molar-refractivity contribution is 5.97. The number of nitrogens with one attached hydrogen (secondary N) is 1. The summed E-state index contributed by atoms with van der Waals surface area (Å²) in [6.07, 6.45) is 1.27. The van der Waals surface area contributed by atoms with Crippen LogP contribution in [0.4, 0.5) is 0 Å². The van der Waals surface area contributed by atoms with E-state index in [1.165, 1.54) is 0 Å². The molecular formula is C15H16N2O4. The number of aromatic amines is 1. The summed E-state index contributed by atoms with van der Waals surface area (Å²) in [5, 5.41) is 15.3. The van der Waals surface area contributed by atoms with E-state index in [0.717, 1.165) is 6.42 Å². The summed E-state index contributed by atoms with van der Waals surface area (Å²) in [4.78, 5) is 23.0. The first-order valence-electron chi connectivity index (χ1n) is 6.65. The highest BCUT2D eigenvalue weighted by atomic mass is 16.5. The molecule has 0 unspecified atom stereocenters. The van der Waals surface area contributed by atoms with Crippen molar-refractivity contribution in [3.05, 3.63) is 47.2 Å². The van der Waals surface area contributed by atoms with E-state index in [-0.39, 0.29) is 24.0 Å². The summed E-state index contributed by atoms with van der Waals surface area (Å²) in [6, 6.07) is 8.77. The molecule has 1 aromatic heterocycles. The number of benzene rings is 1. The van der Waals surface area contributed by atoms with E-state index in [2.05, 4.69) is 10.2 Å². The van der Waals surface area contributed by atoms with Gasteiger partial charge in [-0.1, -0.05) is 43.7 Å². The van der Waals surface area contributed by atoms with Crippen LogP contribution < -0.4 is 4.74 Å². The molecule has 110 valence electrons. The maximum Gasteiger partial charge on any atom is 0.354 e. The number of carbonyl (C=O) groups excluding carboxylic acids is 1. The second kappa shape index (κ2) is 6.69. The number of hydrogen-bond donors (Lipinski definition) is 2. The molecule has 0 aliphatic heterocycles. The van der Waals surface area contributed by atoms with Crippen molar-refractivity contribution in [3.8, 4) is 5.88 Å². The molecule has 1 heterocycles. The zero-order chi connectivity index (χ0) is 15.2. The van der Waals surface area contributed by atoms with Crippen molar-refractivity contribution in [2.24, 2.45) is 0 Å². The van der Waals surface area contributed by atoms with Gasteiger partial charge < -0.3 is 9.84 Å². The largest absolute Gasteiger partial charge is 0.477 e. The second-order valence-electron chi connectivity index (χ2n) is 4.52. The molecule has 0 bridgehead atoms. The molecule has 0 aliphatic rings. The van der Waals surface area contributed by atoms with E-state index in [0.29, 0.717) is 17.5 Å². The number of aromatic nitrogens is 2. The van der Waals surface area contributed by atoms with E-state index in [9.17, 15) is 9.59 Å². The van der Waals surface area contributed by atoms with Crippen LogP contribution in [0.2, 0.25) is 0 Å². The maximum absolute atomic E-state index is 11.9. The zero-order valence-corrected chi connectivity index (χ0v) is 11.6. The van der Waals surface area contributed by atoms with Crippen molar-refractivity contribution in [3.63, 3.8) is 0 Å². The Kier molecular flexibility index (Phi) is 4.71. The number of H-pyrrole nitrogens is 1. The summed E-state index contributed by atoms with van der Waals surface area (Å²) >= 11 is 0. The van der Waals surface area contributed by atoms with E-state index in [1.54, 1.807) is 24.3 Å². The SMILES string of the molecule is CCCc1c(OCC(=O)c2ccccc2)n[nH]c1C(=O)O. The summed E-state index contributed by atoms with van der Waals surface area (Å²) < 4.78 is 5.38. The van der Waals surface area contributed by atoms with Gasteiger partial charge in [0, 0.05) is 11.1 Å². The molecule has 0 saturated heterocycles. The molecule has 1 aromatic carbocycles. The third-order valence-corrected chi connectivity index (χ3v) is 2.98. The molecule has 0 fully saturated rings. The fourth-order valence-electron chi connectivity index (χ4n) is 1.97. The number of hydrogen-bond acceptors (Lipinski definition) is 4. The van der Waals surface area contributed by atoms with Crippen molar-refractivity contribution < 1.29 is 19.4 Å². The minimum absolute atomic E-state index is 0.0130. The number of ketones is 1. The van der Waals surface area contributed by atoms with Crippen LogP contribution in [-0.2, 0) is 6.42 Å². The normalized spacial score (nSPS) is 10.3. The van der Waals surface area contributed by atoms with E-state index < -0.39 is 5.97 Å². The van der Waals surface area contributed by atoms with Crippen molar-refractivity contribution in [1.29, 1.82) is 0 Å². The number of aromatic carboxylic acids is 1. The predicted molar refractivity (Wildman–Crippen MR) is 75.8 cm³/mol. The molecule has 0 radical (unpaired) electrons. The monoisotopic (exact) mass is 288 g/mol. The lowest BCUT2D eigenvalue weighted by Gasteiger charge is -2.05. The van der Waals surface area contributed by atoms with Crippen molar-refractivity contribution in [2.45, 2.75) is 19.8 Å². The van der Waals surface area contributed by atoms with Crippen LogP contribution in [-0.4, -0.2) is 33.7 Å². The highest BCUT2D eigenvalue weighted by Gasteiger charge is 2.19. The summed E-state index contributed by atoms with van der Waals surface area (Å²) in [5.41, 5.74) is 1.05. The minimum Gasteiger partial charge on any atom is -0.477 e. The number of ether oxygens (including phenoxy) is 1. The third kappa shape index (κ3) is 3.47. The quantitative estimate of drug-likeness (QED) is 0.763. The van der Waals surface area contributed by atoms with Gasteiger partial charge >= 0.3 is 5.97 Å². The summed E-state index contributed by atoms with van der Waals surface area (Å²) in [7, 11) is 0. The van der Waals surface area contributed by atoms with Gasteiger partial charge in [0.2, 0.25) is 5.88 Å². The first kappa shape index (κ1) is 14.8. The zero-order valence-electron chi connectivity index (χ0n) is 11.6. The van der Waals surface area contributed by atoms with Crippen LogP contribution in [0, 0.1) is 0 Å². The second-order valence-corrected chi connectivity index (χ2v) is 4.52. The molecule has 21 heavy (non-hydrogen) atoms. The Bertz CT molecular complexity index is 634. The molecule has 2 rings (SSSR count). The average Bonchev–Trinajstić information content (AvgIpc) is 2.89. The standard InChI is InChI=1S/C15H16N2O4/c1-2-6-11-13(15(19)20)16-17-14(11)21-9-12(18)10-7-4-3-5-8-10/h3-5,7-8H,2,6,9H2,1H3,(H,16,17)(H,19,20). The number of carboxylic acid groups (broad SMARTS) is 1. The first-order chi connectivity index (χ1) is 10.1. The van der Waals surface area contributed by atoms with Crippen LogP contribution in [0.25, 0.3) is 0 Å². The molecule has 0 spiro atoms. The maximum atomic E-state index is 11.9. The molecule has 6 nitrogen and oxygen atoms in total. The predicted octanol–water partition coefficient (Wildman–Crippen LogP) is 2.32. The summed E-state index contributed by atoms with van der Waals surface area (Å²) in [6.45, 7) is 1.75. The van der Waals surface area contributed by atoms with Gasteiger partial charge in [0.1, 0.15) is 0 Å². The molecular weight excluding hydrogens is 272 g/mol. The summed E-state index contributed by atoms with van der Waals surface area (Å²) in [5.74, 6) is -1.09. The van der Waals surface area contributed by atoms with E-state index >= 15 is 0 Å². The first-order valence-corrected chi connectivity index (χ1v) is 6.65. The van der Waals surface area contributed by atoms with Gasteiger partial charge in [0.15, 0.2) is 18.1 Å². The molecule has 0 amide bonds. The van der Waals surface area contributed by atoms with Gasteiger partial charge in [0.25, 0.3) is 0 Å². The van der Waals surface area contributed by atoms with Crippen molar-refractivity contribution in [2.75, 3.05) is 6.61 Å². The van der Waals surface area contributed by atoms with Crippen LogP contribution in [0.1, 0.15) is 39.8 Å². The molecule has 0 atom stereocenters. The van der Waals surface area contributed by atoms with E-state index in [1.807, 2.05) is 13.0 Å². The number of rotatable bonds is 7. The fraction of sp³-hybridized carbons (Fsp3) is 0.267. The van der Waals surface area contributed by atoms with Crippen LogP contribution in [0.5, 0.6) is 5.88 Å². The van der Waals surface area contributed by atoms with Crippen LogP contribution in [0.15, 0.2) is 30.3 Å². The van der Waals surface area contributed by atoms with Crippen LogP contribution >= 0.6 is 0 Å². The molecule has 2 N–H and O–H groups in total. The molecule has 0 saturated carbocycles. The smallest absolute Gasteiger partial charge is 0.354 e. The molecule has 0 aliphatic carbocycles. The Morgan fingerprint density at radius 2 is 2.00 bits per heavy atom. The van der Waals surface area contributed by atoms with Crippen molar-refractivity contribution in [1.82, 2.24) is 10.2 Å². The van der Waals surface area contributed by atoms with Crippen molar-refractivity contribution >= 4 is 11.8 Å².